The minimum absolute atomic E-state index is 0.317. The molecule has 0 aliphatic rings. The Balaban J connectivity index is 3.04. The maximum atomic E-state index is 8.73. The third-order valence-corrected chi connectivity index (χ3v) is 0.990. The van der Waals surface area contributed by atoms with Gasteiger partial charge >= 0.3 is 0 Å². The number of hydrogen-bond donors (Lipinski definition) is 2. The highest BCUT2D eigenvalue weighted by atomic mass is 16.3. The topological polar surface area (TPSA) is 46.2 Å². The van der Waals surface area contributed by atoms with Gasteiger partial charge in [0.25, 0.3) is 0 Å². The lowest BCUT2D eigenvalue weighted by molar-refractivity contribution is 0.244. The molecule has 0 rings (SSSR count). The molecule has 0 saturated heterocycles. The third kappa shape index (κ3) is 7.66. The van der Waals surface area contributed by atoms with Gasteiger partial charge in [-0.05, 0) is 26.3 Å². The molecule has 0 aromatic carbocycles. The number of rotatable bonds is 4. The zero-order valence-corrected chi connectivity index (χ0v) is 5.88. The van der Waals surface area contributed by atoms with Crippen molar-refractivity contribution in [3.05, 3.63) is 12.2 Å². The lowest BCUT2D eigenvalue weighted by Crippen LogP contribution is -1.97. The van der Waals surface area contributed by atoms with Crippen LogP contribution in [0.15, 0.2) is 12.2 Å². The molecular formula is C7H15NO. The van der Waals surface area contributed by atoms with Gasteiger partial charge in [-0.2, -0.15) is 0 Å². The first-order chi connectivity index (χ1) is 4.27. The first-order valence-electron chi connectivity index (χ1n) is 3.32. The van der Waals surface area contributed by atoms with E-state index >= 15 is 0 Å². The van der Waals surface area contributed by atoms with Crippen molar-refractivity contribution < 1.29 is 5.11 Å². The molecule has 2 heteroatoms. The zero-order valence-electron chi connectivity index (χ0n) is 5.88. The van der Waals surface area contributed by atoms with E-state index in [1.807, 2.05) is 6.08 Å². The Bertz CT molecular complexity index is 79.0. The molecule has 0 heterocycles. The molecule has 0 unspecified atom stereocenters. The molecule has 0 saturated carbocycles. The summed E-state index contributed by atoms with van der Waals surface area (Å²) in [5.41, 5.74) is 5.25. The lowest BCUT2D eigenvalue weighted by atomic mass is 10.2. The fraction of sp³-hybridized carbons (Fsp3) is 0.714. The molecule has 9 heavy (non-hydrogen) atoms. The summed E-state index contributed by atoms with van der Waals surface area (Å²) in [5, 5.41) is 8.73. The van der Waals surface area contributed by atoms with Crippen LogP contribution in [-0.2, 0) is 0 Å². The zero-order chi connectivity index (χ0) is 7.11. The molecule has 0 fully saturated rings. The van der Waals surface area contributed by atoms with E-state index in [4.69, 9.17) is 10.8 Å². The number of allylic oxidation sites excluding steroid dienone is 1. The Morgan fingerprint density at radius 3 is 2.78 bits per heavy atom. The van der Waals surface area contributed by atoms with Crippen LogP contribution in [-0.4, -0.2) is 17.8 Å². The molecule has 0 amide bonds. The van der Waals surface area contributed by atoms with Crippen LogP contribution in [0, 0.1) is 0 Å². The smallest absolute Gasteiger partial charge is 0.0692 e. The van der Waals surface area contributed by atoms with Gasteiger partial charge in [-0.25, -0.2) is 0 Å². The molecule has 54 valence electrons. The van der Waals surface area contributed by atoms with E-state index in [0.717, 1.165) is 19.4 Å². The maximum Gasteiger partial charge on any atom is 0.0692 e. The summed E-state index contributed by atoms with van der Waals surface area (Å²) in [5.74, 6) is 0. The van der Waals surface area contributed by atoms with Crippen molar-refractivity contribution in [3.8, 4) is 0 Å². The second-order valence-electron chi connectivity index (χ2n) is 2.10. The Morgan fingerprint density at radius 1 is 1.67 bits per heavy atom. The largest absolute Gasteiger partial charge is 0.389 e. The summed E-state index contributed by atoms with van der Waals surface area (Å²) < 4.78 is 0. The van der Waals surface area contributed by atoms with Gasteiger partial charge in [-0.3, -0.25) is 0 Å². The summed E-state index contributed by atoms with van der Waals surface area (Å²) in [4.78, 5) is 0. The van der Waals surface area contributed by atoms with Crippen LogP contribution in [0.5, 0.6) is 0 Å². The monoisotopic (exact) mass is 129 g/mol. The number of nitrogens with two attached hydrogens (primary N) is 1. The second-order valence-corrected chi connectivity index (χ2v) is 2.10. The highest BCUT2D eigenvalue weighted by molar-refractivity contribution is 4.85. The molecule has 1 atom stereocenters. The predicted molar refractivity (Wildman–Crippen MR) is 39.1 cm³/mol. The van der Waals surface area contributed by atoms with Crippen molar-refractivity contribution >= 4 is 0 Å². The third-order valence-electron chi connectivity index (χ3n) is 0.990. The van der Waals surface area contributed by atoms with Crippen molar-refractivity contribution in [2.24, 2.45) is 5.73 Å². The quantitative estimate of drug-likeness (QED) is 0.432. The average molecular weight is 129 g/mol. The number of aliphatic hydroxyl groups excluding tert-OH is 1. The van der Waals surface area contributed by atoms with Crippen molar-refractivity contribution in [1.29, 1.82) is 0 Å². The van der Waals surface area contributed by atoms with Gasteiger partial charge in [0.05, 0.1) is 6.10 Å². The molecule has 0 bridgehead atoms. The first-order valence-corrected chi connectivity index (χ1v) is 3.32. The van der Waals surface area contributed by atoms with Crippen LogP contribution in [0.4, 0.5) is 0 Å². The minimum atomic E-state index is -0.317. The van der Waals surface area contributed by atoms with Crippen LogP contribution in [0.1, 0.15) is 19.8 Å². The van der Waals surface area contributed by atoms with Gasteiger partial charge in [0.15, 0.2) is 0 Å². The van der Waals surface area contributed by atoms with Gasteiger partial charge < -0.3 is 10.8 Å². The SMILES string of the molecule is C[C@@H](O)/C=C/CCCN. The van der Waals surface area contributed by atoms with Gasteiger partial charge in [0.1, 0.15) is 0 Å². The van der Waals surface area contributed by atoms with E-state index in [-0.39, 0.29) is 6.10 Å². The Hall–Kier alpha value is -0.340. The molecular weight excluding hydrogens is 114 g/mol. The van der Waals surface area contributed by atoms with Gasteiger partial charge in [-0.1, -0.05) is 12.2 Å². The van der Waals surface area contributed by atoms with E-state index < -0.39 is 0 Å². The predicted octanol–water partition coefficient (Wildman–Crippen LogP) is 0.662. The van der Waals surface area contributed by atoms with Crippen molar-refractivity contribution in [2.75, 3.05) is 6.54 Å². The van der Waals surface area contributed by atoms with Crippen molar-refractivity contribution in [2.45, 2.75) is 25.9 Å². The molecule has 0 radical (unpaired) electrons. The molecule has 0 aromatic heterocycles. The van der Waals surface area contributed by atoms with Crippen molar-refractivity contribution in [1.82, 2.24) is 0 Å². The highest BCUT2D eigenvalue weighted by Gasteiger charge is 1.83. The minimum Gasteiger partial charge on any atom is -0.389 e. The Labute approximate surface area is 56.4 Å². The summed E-state index contributed by atoms with van der Waals surface area (Å²) in [6, 6.07) is 0. The average Bonchev–Trinajstić information content (AvgIpc) is 1.80. The number of hydrogen-bond acceptors (Lipinski definition) is 2. The Kier molecular flexibility index (Phi) is 5.57. The van der Waals surface area contributed by atoms with E-state index in [9.17, 15) is 0 Å². The number of aliphatic hydroxyl groups is 1. The van der Waals surface area contributed by atoms with Gasteiger partial charge in [0.2, 0.25) is 0 Å². The van der Waals surface area contributed by atoms with E-state index in [2.05, 4.69) is 0 Å². The van der Waals surface area contributed by atoms with Crippen LogP contribution in [0.25, 0.3) is 0 Å². The lowest BCUT2D eigenvalue weighted by Gasteiger charge is -1.92. The van der Waals surface area contributed by atoms with E-state index in [1.165, 1.54) is 0 Å². The van der Waals surface area contributed by atoms with Gasteiger partial charge in [-0.15, -0.1) is 0 Å². The second kappa shape index (κ2) is 5.79. The first kappa shape index (κ1) is 8.66. The molecule has 0 aromatic rings. The highest BCUT2D eigenvalue weighted by Crippen LogP contribution is 1.90. The van der Waals surface area contributed by atoms with Crippen molar-refractivity contribution in [3.63, 3.8) is 0 Å². The van der Waals surface area contributed by atoms with Crippen LogP contribution >= 0.6 is 0 Å². The molecule has 0 spiro atoms. The summed E-state index contributed by atoms with van der Waals surface area (Å²) in [6.07, 6.45) is 5.39. The summed E-state index contributed by atoms with van der Waals surface area (Å²) in [6.45, 7) is 2.46. The fourth-order valence-electron chi connectivity index (χ4n) is 0.529. The van der Waals surface area contributed by atoms with E-state index in [1.54, 1.807) is 13.0 Å². The van der Waals surface area contributed by atoms with Crippen LogP contribution in [0.2, 0.25) is 0 Å². The molecule has 0 aliphatic carbocycles. The van der Waals surface area contributed by atoms with Crippen LogP contribution in [0.3, 0.4) is 0 Å². The normalized spacial score (nSPS) is 14.6. The molecule has 3 N–H and O–H groups in total. The molecule has 0 aliphatic heterocycles. The van der Waals surface area contributed by atoms with E-state index in [0.29, 0.717) is 0 Å². The summed E-state index contributed by atoms with van der Waals surface area (Å²) in [7, 11) is 0. The standard InChI is InChI=1S/C7H15NO/c1-7(9)5-3-2-4-6-8/h3,5,7,9H,2,4,6,8H2,1H3/b5-3+/t7-/m1/s1. The van der Waals surface area contributed by atoms with Crippen LogP contribution < -0.4 is 5.73 Å². The molecule has 2 nitrogen and oxygen atoms in total. The van der Waals surface area contributed by atoms with Gasteiger partial charge in [0, 0.05) is 0 Å². The number of unbranched alkanes of at least 4 members (excludes halogenated alkanes) is 1. The maximum absolute atomic E-state index is 8.73. The Morgan fingerprint density at radius 2 is 2.33 bits per heavy atom. The summed E-state index contributed by atoms with van der Waals surface area (Å²) >= 11 is 0. The fourth-order valence-corrected chi connectivity index (χ4v) is 0.529.